The molecule has 1 N–H and O–H groups in total. The first kappa shape index (κ1) is 35.7. The van der Waals surface area contributed by atoms with Crippen molar-refractivity contribution >= 4 is 29.0 Å². The third-order valence-corrected chi connectivity index (χ3v) is 10.2. The fourth-order valence-corrected chi connectivity index (χ4v) is 7.20. The predicted molar refractivity (Wildman–Crippen MR) is 196 cm³/mol. The van der Waals surface area contributed by atoms with E-state index in [0.29, 0.717) is 31.2 Å². The standard InChI is InChI=1S/C41H51N3O5/c1-6-41(47)42-39-26-35(44-20-18-43(19-21-44)29(3)45)16-15-32(39)9-7-8-30-11-13-33-25-34(40(46)17-10-28(2)38(33)24-30)14-12-31-22-36(48-4)27-37(23-31)49-5/h6,11,13,15-16,22-24,26-28,34H,1,7-10,12,14,17-21,25H2,2-5H3,(H,42,47). The Morgan fingerprint density at radius 1 is 0.918 bits per heavy atom. The van der Waals surface area contributed by atoms with Crippen LogP contribution in [0.25, 0.3) is 0 Å². The van der Waals surface area contributed by atoms with Crippen LogP contribution in [-0.2, 0) is 40.1 Å². The Labute approximate surface area is 291 Å². The van der Waals surface area contributed by atoms with Gasteiger partial charge in [0.2, 0.25) is 11.8 Å². The highest BCUT2D eigenvalue weighted by Gasteiger charge is 2.26. The number of anilines is 2. The van der Waals surface area contributed by atoms with Gasteiger partial charge in [0.15, 0.2) is 0 Å². The van der Waals surface area contributed by atoms with E-state index < -0.39 is 0 Å². The summed E-state index contributed by atoms with van der Waals surface area (Å²) in [5, 5.41) is 3.03. The Balaban J connectivity index is 1.24. The third kappa shape index (κ3) is 9.31. The molecule has 1 aliphatic carbocycles. The van der Waals surface area contributed by atoms with Crippen molar-refractivity contribution in [2.24, 2.45) is 5.92 Å². The number of Topliss-reactive ketones (excluding diaryl/α,β-unsaturated/α-hetero) is 1. The number of amides is 2. The molecule has 1 aliphatic heterocycles. The molecule has 8 nitrogen and oxygen atoms in total. The number of rotatable bonds is 12. The average molecular weight is 666 g/mol. The Kier molecular flexibility index (Phi) is 12.2. The van der Waals surface area contributed by atoms with Crippen LogP contribution in [0.3, 0.4) is 0 Å². The number of piperazine rings is 1. The monoisotopic (exact) mass is 665 g/mol. The van der Waals surface area contributed by atoms with Crippen molar-refractivity contribution in [1.29, 1.82) is 0 Å². The van der Waals surface area contributed by atoms with E-state index in [2.05, 4.69) is 60.1 Å². The van der Waals surface area contributed by atoms with Crippen LogP contribution >= 0.6 is 0 Å². The van der Waals surface area contributed by atoms with Crippen LogP contribution in [-0.4, -0.2) is 62.9 Å². The first-order valence-corrected chi connectivity index (χ1v) is 17.6. The van der Waals surface area contributed by atoms with Crippen LogP contribution in [0.2, 0.25) is 0 Å². The van der Waals surface area contributed by atoms with Crippen LogP contribution in [0.15, 0.2) is 67.3 Å². The van der Waals surface area contributed by atoms with Gasteiger partial charge in [-0.25, -0.2) is 0 Å². The first-order chi connectivity index (χ1) is 23.7. The molecule has 2 amide bonds. The summed E-state index contributed by atoms with van der Waals surface area (Å²) in [5.41, 5.74) is 8.01. The van der Waals surface area contributed by atoms with Gasteiger partial charge in [0.1, 0.15) is 17.3 Å². The van der Waals surface area contributed by atoms with Gasteiger partial charge in [-0.15, -0.1) is 0 Å². The minimum absolute atomic E-state index is 0.0144. The summed E-state index contributed by atoms with van der Waals surface area (Å²) in [6, 6.07) is 19.1. The summed E-state index contributed by atoms with van der Waals surface area (Å²) >= 11 is 0. The van der Waals surface area contributed by atoms with Crippen molar-refractivity contribution in [3.05, 3.63) is 95.1 Å². The summed E-state index contributed by atoms with van der Waals surface area (Å²) in [4.78, 5) is 41.5. The highest BCUT2D eigenvalue weighted by Crippen LogP contribution is 2.34. The number of carbonyl (C=O) groups is 3. The SMILES string of the molecule is C=CC(=O)Nc1cc(N2CCN(C(C)=O)CC2)ccc1CCCc1ccc2c(c1)C(C)CCC(=O)C(CCc1cc(OC)cc(OC)c1)C2. The van der Waals surface area contributed by atoms with E-state index in [1.54, 1.807) is 21.1 Å². The number of ketones is 1. The second-order valence-corrected chi connectivity index (χ2v) is 13.5. The largest absolute Gasteiger partial charge is 0.497 e. The number of hydrogen-bond acceptors (Lipinski definition) is 6. The van der Waals surface area contributed by atoms with E-state index in [1.165, 1.54) is 22.8 Å². The van der Waals surface area contributed by atoms with Crippen molar-refractivity contribution in [3.63, 3.8) is 0 Å². The average Bonchev–Trinajstić information content (AvgIpc) is 3.12. The number of fused-ring (bicyclic) bond motifs is 1. The van der Waals surface area contributed by atoms with Gasteiger partial charge in [0.05, 0.1) is 14.2 Å². The van der Waals surface area contributed by atoms with Crippen molar-refractivity contribution < 1.29 is 23.9 Å². The van der Waals surface area contributed by atoms with Crippen LogP contribution in [0.4, 0.5) is 11.4 Å². The minimum atomic E-state index is -0.226. The van der Waals surface area contributed by atoms with E-state index in [9.17, 15) is 14.4 Å². The fourth-order valence-electron chi connectivity index (χ4n) is 7.20. The molecule has 8 heteroatoms. The number of nitrogens with one attached hydrogen (secondary N) is 1. The molecule has 49 heavy (non-hydrogen) atoms. The van der Waals surface area contributed by atoms with E-state index in [-0.39, 0.29) is 17.7 Å². The summed E-state index contributed by atoms with van der Waals surface area (Å²) in [6.45, 7) is 10.4. The van der Waals surface area contributed by atoms with Crippen molar-refractivity contribution in [2.45, 2.75) is 71.1 Å². The lowest BCUT2D eigenvalue weighted by Crippen LogP contribution is -2.48. The van der Waals surface area contributed by atoms with Crippen LogP contribution < -0.4 is 19.7 Å². The van der Waals surface area contributed by atoms with Gasteiger partial charge >= 0.3 is 0 Å². The Hall–Kier alpha value is -4.59. The molecular formula is C41H51N3O5. The zero-order valence-electron chi connectivity index (χ0n) is 29.6. The number of carbonyl (C=O) groups excluding carboxylic acids is 3. The number of benzene rings is 3. The molecule has 1 saturated heterocycles. The van der Waals surface area contributed by atoms with Crippen LogP contribution in [0, 0.1) is 5.92 Å². The quantitative estimate of drug-likeness (QED) is 0.211. The van der Waals surface area contributed by atoms with Gasteiger partial charge in [-0.05, 0) is 109 Å². The van der Waals surface area contributed by atoms with Gasteiger partial charge in [0, 0.05) is 62.9 Å². The normalized spacial score (nSPS) is 17.8. The number of aryl methyl sites for hydroxylation is 3. The smallest absolute Gasteiger partial charge is 0.247 e. The van der Waals surface area contributed by atoms with Gasteiger partial charge in [-0.3, -0.25) is 14.4 Å². The molecule has 3 aromatic rings. The lowest BCUT2D eigenvalue weighted by molar-refractivity contribution is -0.129. The van der Waals surface area contributed by atoms with E-state index >= 15 is 0 Å². The molecule has 0 spiro atoms. The van der Waals surface area contributed by atoms with Crippen molar-refractivity contribution in [3.8, 4) is 11.5 Å². The van der Waals surface area contributed by atoms with E-state index in [4.69, 9.17) is 9.47 Å². The molecule has 2 aliphatic rings. The van der Waals surface area contributed by atoms with Gasteiger partial charge in [-0.2, -0.15) is 0 Å². The second kappa shape index (κ2) is 16.7. The Morgan fingerprint density at radius 2 is 1.65 bits per heavy atom. The summed E-state index contributed by atoms with van der Waals surface area (Å²) in [5.74, 6) is 2.08. The topological polar surface area (TPSA) is 88.2 Å². The molecule has 1 heterocycles. The highest BCUT2D eigenvalue weighted by molar-refractivity contribution is 5.99. The first-order valence-electron chi connectivity index (χ1n) is 17.6. The Bertz CT molecular complexity index is 1640. The molecule has 2 atom stereocenters. The summed E-state index contributed by atoms with van der Waals surface area (Å²) < 4.78 is 10.9. The fraction of sp³-hybridized carbons (Fsp3) is 0.439. The minimum Gasteiger partial charge on any atom is -0.497 e. The zero-order chi connectivity index (χ0) is 34.9. The highest BCUT2D eigenvalue weighted by atomic mass is 16.5. The van der Waals surface area contributed by atoms with Gasteiger partial charge in [-0.1, -0.05) is 37.8 Å². The maximum atomic E-state index is 13.3. The lowest BCUT2D eigenvalue weighted by Gasteiger charge is -2.36. The number of ether oxygens (including phenoxy) is 2. The van der Waals surface area contributed by atoms with Crippen molar-refractivity contribution in [1.82, 2.24) is 4.90 Å². The predicted octanol–water partition coefficient (Wildman–Crippen LogP) is 6.93. The maximum absolute atomic E-state index is 13.3. The van der Waals surface area contributed by atoms with E-state index in [1.807, 2.05) is 23.1 Å². The molecule has 3 aromatic carbocycles. The number of methoxy groups -OCH3 is 2. The molecule has 2 unspecified atom stereocenters. The molecule has 1 fully saturated rings. The zero-order valence-corrected chi connectivity index (χ0v) is 29.6. The van der Waals surface area contributed by atoms with Crippen molar-refractivity contribution in [2.75, 3.05) is 50.6 Å². The molecule has 0 aromatic heterocycles. The lowest BCUT2D eigenvalue weighted by atomic mass is 9.78. The van der Waals surface area contributed by atoms with Gasteiger partial charge in [0.25, 0.3) is 0 Å². The summed E-state index contributed by atoms with van der Waals surface area (Å²) in [6.07, 6.45) is 7.80. The molecule has 5 rings (SSSR count). The van der Waals surface area contributed by atoms with E-state index in [0.717, 1.165) is 92.0 Å². The molecular weight excluding hydrogens is 614 g/mol. The molecule has 0 saturated carbocycles. The second-order valence-electron chi connectivity index (χ2n) is 13.5. The summed E-state index contributed by atoms with van der Waals surface area (Å²) in [7, 11) is 3.31. The number of hydrogen-bond donors (Lipinski definition) is 1. The van der Waals surface area contributed by atoms with Gasteiger partial charge < -0.3 is 24.6 Å². The molecule has 0 radical (unpaired) electrons. The molecule has 0 bridgehead atoms. The maximum Gasteiger partial charge on any atom is 0.247 e. The number of nitrogens with zero attached hydrogens (tertiary/aromatic N) is 2. The van der Waals surface area contributed by atoms with Crippen LogP contribution in [0.5, 0.6) is 11.5 Å². The Morgan fingerprint density at radius 3 is 2.33 bits per heavy atom. The molecule has 260 valence electrons. The third-order valence-electron chi connectivity index (χ3n) is 10.2. The van der Waals surface area contributed by atoms with Crippen LogP contribution in [0.1, 0.15) is 73.3 Å².